The topological polar surface area (TPSA) is 49.3 Å². The van der Waals surface area contributed by atoms with Crippen molar-refractivity contribution in [3.8, 4) is 0 Å². The molecule has 0 rings (SSSR count). The highest BCUT2D eigenvalue weighted by molar-refractivity contribution is 5.76. The first-order chi connectivity index (χ1) is 6.91. The molecule has 3 heteroatoms. The van der Waals surface area contributed by atoms with Crippen molar-refractivity contribution in [3.05, 3.63) is 0 Å². The van der Waals surface area contributed by atoms with Crippen molar-refractivity contribution < 1.29 is 9.90 Å². The number of nitrogens with one attached hydrogen (secondary N) is 1. The molecule has 2 N–H and O–H groups in total. The summed E-state index contributed by atoms with van der Waals surface area (Å²) in [5, 5.41) is 11.8. The van der Waals surface area contributed by atoms with Gasteiger partial charge in [0.2, 0.25) is 5.91 Å². The summed E-state index contributed by atoms with van der Waals surface area (Å²) in [6.45, 7) is 8.75. The minimum absolute atomic E-state index is 0.101. The first kappa shape index (κ1) is 14.4. The summed E-state index contributed by atoms with van der Waals surface area (Å²) < 4.78 is 0. The van der Waals surface area contributed by atoms with Gasteiger partial charge in [-0.15, -0.1) is 0 Å². The summed E-state index contributed by atoms with van der Waals surface area (Å²) in [5.74, 6) is 1.19. The van der Waals surface area contributed by atoms with E-state index in [9.17, 15) is 4.79 Å². The molecule has 0 saturated heterocycles. The minimum Gasteiger partial charge on any atom is -0.393 e. The number of carbonyl (C=O) groups is 1. The highest BCUT2D eigenvalue weighted by atomic mass is 16.3. The van der Waals surface area contributed by atoms with Crippen molar-refractivity contribution in [1.29, 1.82) is 0 Å². The highest BCUT2D eigenvalue weighted by Crippen LogP contribution is 2.13. The lowest BCUT2D eigenvalue weighted by Crippen LogP contribution is -2.28. The van der Waals surface area contributed by atoms with Gasteiger partial charge < -0.3 is 10.4 Å². The highest BCUT2D eigenvalue weighted by Gasteiger charge is 2.10. The SMILES string of the molecule is CC(C)CC(C)CC(=O)NCCC(C)O. The maximum absolute atomic E-state index is 11.4. The zero-order chi connectivity index (χ0) is 11.8. The maximum atomic E-state index is 11.4. The molecule has 2 unspecified atom stereocenters. The summed E-state index contributed by atoms with van der Waals surface area (Å²) >= 11 is 0. The smallest absolute Gasteiger partial charge is 0.220 e. The van der Waals surface area contributed by atoms with Gasteiger partial charge in [0.15, 0.2) is 0 Å². The summed E-state index contributed by atoms with van der Waals surface area (Å²) in [6.07, 6.45) is 1.98. The Hall–Kier alpha value is -0.570. The van der Waals surface area contributed by atoms with Gasteiger partial charge in [0.1, 0.15) is 0 Å². The van der Waals surface area contributed by atoms with E-state index in [2.05, 4.69) is 26.1 Å². The van der Waals surface area contributed by atoms with E-state index in [0.29, 0.717) is 31.2 Å². The molecule has 2 atom stereocenters. The molecule has 0 bridgehead atoms. The molecule has 0 aromatic carbocycles. The van der Waals surface area contributed by atoms with Gasteiger partial charge >= 0.3 is 0 Å². The molecule has 0 aromatic heterocycles. The van der Waals surface area contributed by atoms with Crippen LogP contribution in [-0.4, -0.2) is 23.7 Å². The average Bonchev–Trinajstić information content (AvgIpc) is 2.00. The molecule has 0 saturated carbocycles. The Morgan fingerprint density at radius 2 is 1.87 bits per heavy atom. The van der Waals surface area contributed by atoms with Crippen molar-refractivity contribution in [2.24, 2.45) is 11.8 Å². The van der Waals surface area contributed by atoms with Crippen LogP contribution in [0.4, 0.5) is 0 Å². The van der Waals surface area contributed by atoms with E-state index in [-0.39, 0.29) is 12.0 Å². The maximum Gasteiger partial charge on any atom is 0.220 e. The van der Waals surface area contributed by atoms with Crippen LogP contribution in [0.15, 0.2) is 0 Å². The number of aliphatic hydroxyl groups is 1. The van der Waals surface area contributed by atoms with E-state index < -0.39 is 0 Å². The van der Waals surface area contributed by atoms with Gasteiger partial charge in [-0.2, -0.15) is 0 Å². The molecule has 15 heavy (non-hydrogen) atoms. The van der Waals surface area contributed by atoms with Crippen LogP contribution in [0.2, 0.25) is 0 Å². The van der Waals surface area contributed by atoms with E-state index in [1.54, 1.807) is 6.92 Å². The average molecular weight is 215 g/mol. The first-order valence-electron chi connectivity index (χ1n) is 5.86. The molecular weight excluding hydrogens is 190 g/mol. The molecule has 0 aliphatic rings. The Labute approximate surface area is 93.3 Å². The summed E-state index contributed by atoms with van der Waals surface area (Å²) in [6, 6.07) is 0. The van der Waals surface area contributed by atoms with E-state index in [1.807, 2.05) is 0 Å². The van der Waals surface area contributed by atoms with Gasteiger partial charge in [0, 0.05) is 13.0 Å². The predicted octanol–water partition coefficient (Wildman–Crippen LogP) is 1.95. The van der Waals surface area contributed by atoms with E-state index in [1.165, 1.54) is 0 Å². The zero-order valence-corrected chi connectivity index (χ0v) is 10.4. The van der Waals surface area contributed by atoms with Crippen LogP contribution >= 0.6 is 0 Å². The number of rotatable bonds is 7. The van der Waals surface area contributed by atoms with Crippen LogP contribution in [0.1, 0.15) is 47.0 Å². The van der Waals surface area contributed by atoms with Crippen LogP contribution in [0.5, 0.6) is 0 Å². The largest absolute Gasteiger partial charge is 0.393 e. The van der Waals surface area contributed by atoms with E-state index in [4.69, 9.17) is 5.11 Å². The van der Waals surface area contributed by atoms with Crippen molar-refractivity contribution in [1.82, 2.24) is 5.32 Å². The quantitative estimate of drug-likeness (QED) is 0.682. The van der Waals surface area contributed by atoms with Crippen molar-refractivity contribution >= 4 is 5.91 Å². The second kappa shape index (κ2) is 7.69. The molecule has 90 valence electrons. The monoisotopic (exact) mass is 215 g/mol. The normalized spacial score (nSPS) is 15.1. The number of amides is 1. The number of aliphatic hydroxyl groups excluding tert-OH is 1. The third-order valence-corrected chi connectivity index (χ3v) is 2.29. The molecule has 0 aliphatic carbocycles. The first-order valence-corrected chi connectivity index (χ1v) is 5.86. The predicted molar refractivity (Wildman–Crippen MR) is 62.5 cm³/mol. The summed E-state index contributed by atoms with van der Waals surface area (Å²) in [5.41, 5.74) is 0. The second-order valence-corrected chi connectivity index (χ2v) is 4.93. The molecule has 0 aromatic rings. The molecule has 0 heterocycles. The summed E-state index contributed by atoms with van der Waals surface area (Å²) in [7, 11) is 0. The van der Waals surface area contributed by atoms with Gasteiger partial charge in [-0.25, -0.2) is 0 Å². The van der Waals surface area contributed by atoms with Gasteiger partial charge in [-0.05, 0) is 31.6 Å². The van der Waals surface area contributed by atoms with Crippen molar-refractivity contribution in [2.75, 3.05) is 6.54 Å². The van der Waals surface area contributed by atoms with Crippen LogP contribution < -0.4 is 5.32 Å². The number of hydrogen-bond donors (Lipinski definition) is 2. The standard InChI is InChI=1S/C12H25NO2/c1-9(2)7-10(3)8-12(15)13-6-5-11(4)14/h9-11,14H,5-8H2,1-4H3,(H,13,15). The Kier molecular flexibility index (Phi) is 7.39. The Morgan fingerprint density at radius 3 is 2.33 bits per heavy atom. The third-order valence-electron chi connectivity index (χ3n) is 2.29. The van der Waals surface area contributed by atoms with Crippen LogP contribution in [-0.2, 0) is 4.79 Å². The molecule has 3 nitrogen and oxygen atoms in total. The van der Waals surface area contributed by atoms with Gasteiger partial charge in [-0.1, -0.05) is 20.8 Å². The lowest BCUT2D eigenvalue weighted by Gasteiger charge is -2.13. The molecule has 1 amide bonds. The van der Waals surface area contributed by atoms with Gasteiger partial charge in [0.25, 0.3) is 0 Å². The third kappa shape index (κ3) is 9.73. The van der Waals surface area contributed by atoms with Gasteiger partial charge in [-0.3, -0.25) is 4.79 Å². The fourth-order valence-electron chi connectivity index (χ4n) is 1.70. The summed E-state index contributed by atoms with van der Waals surface area (Å²) in [4.78, 5) is 11.4. The van der Waals surface area contributed by atoms with Crippen LogP contribution in [0.3, 0.4) is 0 Å². The lowest BCUT2D eigenvalue weighted by molar-refractivity contribution is -0.122. The van der Waals surface area contributed by atoms with Crippen LogP contribution in [0.25, 0.3) is 0 Å². The minimum atomic E-state index is -0.335. The Morgan fingerprint density at radius 1 is 1.27 bits per heavy atom. The lowest BCUT2D eigenvalue weighted by atomic mass is 9.96. The fraction of sp³-hybridized carbons (Fsp3) is 0.917. The van der Waals surface area contributed by atoms with E-state index >= 15 is 0 Å². The van der Waals surface area contributed by atoms with Crippen LogP contribution in [0, 0.1) is 11.8 Å². The molecule has 0 spiro atoms. The zero-order valence-electron chi connectivity index (χ0n) is 10.4. The molecule has 0 aliphatic heterocycles. The van der Waals surface area contributed by atoms with Crippen molar-refractivity contribution in [3.63, 3.8) is 0 Å². The molecule has 0 radical (unpaired) electrons. The Balaban J connectivity index is 3.55. The Bertz CT molecular complexity index is 178. The van der Waals surface area contributed by atoms with E-state index in [0.717, 1.165) is 6.42 Å². The molecule has 0 fully saturated rings. The van der Waals surface area contributed by atoms with Crippen molar-refractivity contribution in [2.45, 2.75) is 53.1 Å². The molecular formula is C12H25NO2. The second-order valence-electron chi connectivity index (χ2n) is 4.93. The number of hydrogen-bond acceptors (Lipinski definition) is 2. The number of carbonyl (C=O) groups excluding carboxylic acids is 1. The van der Waals surface area contributed by atoms with Gasteiger partial charge in [0.05, 0.1) is 6.10 Å². The fourth-order valence-corrected chi connectivity index (χ4v) is 1.70.